The number of nitrogens with one attached hydrogen (secondary N) is 1. The van der Waals surface area contributed by atoms with Gasteiger partial charge < -0.3 is 10.1 Å². The molecule has 1 N–H and O–H groups in total. The van der Waals surface area contributed by atoms with Crippen LogP contribution in [0.1, 0.15) is 36.1 Å². The van der Waals surface area contributed by atoms with Gasteiger partial charge in [0, 0.05) is 6.20 Å². The van der Waals surface area contributed by atoms with E-state index in [2.05, 4.69) is 41.0 Å². The van der Waals surface area contributed by atoms with Gasteiger partial charge in [-0.3, -0.25) is 4.98 Å². The smallest absolute Gasteiger partial charge is 0.137 e. The molecule has 2 aromatic heterocycles. The highest BCUT2D eigenvalue weighted by atomic mass is 32.1. The molecule has 1 atom stereocenters. The predicted octanol–water partition coefficient (Wildman–Crippen LogP) is 3.55. The number of methoxy groups -OCH3 is 1. The summed E-state index contributed by atoms with van der Waals surface area (Å²) in [6.07, 6.45) is 4.75. The standard InChI is InChI=1S/C15H20N2OS/c1-4-5-17-15(14-10-19-9-11(14)2)12-6-13(18-3)8-16-7-12/h6-10,15,17H,4-5H2,1-3H3. The van der Waals surface area contributed by atoms with Crippen LogP contribution in [-0.4, -0.2) is 18.6 Å². The second-order valence-electron chi connectivity index (χ2n) is 4.56. The minimum atomic E-state index is 0.189. The van der Waals surface area contributed by atoms with E-state index in [4.69, 9.17) is 4.74 Å². The van der Waals surface area contributed by atoms with Gasteiger partial charge in [-0.1, -0.05) is 6.92 Å². The largest absolute Gasteiger partial charge is 0.495 e. The molecule has 2 rings (SSSR count). The third-order valence-electron chi connectivity index (χ3n) is 3.11. The number of aryl methyl sites for hydroxylation is 1. The number of pyridine rings is 1. The van der Waals surface area contributed by atoms with Crippen LogP contribution in [0.25, 0.3) is 0 Å². The van der Waals surface area contributed by atoms with E-state index in [-0.39, 0.29) is 6.04 Å². The second-order valence-corrected chi connectivity index (χ2v) is 5.30. The highest BCUT2D eigenvalue weighted by Gasteiger charge is 2.17. The molecular formula is C15H20N2OS. The van der Waals surface area contributed by atoms with E-state index < -0.39 is 0 Å². The molecule has 1 unspecified atom stereocenters. The fraction of sp³-hybridized carbons (Fsp3) is 0.400. The SMILES string of the molecule is CCCNC(c1cncc(OC)c1)c1cscc1C. The molecule has 0 spiro atoms. The van der Waals surface area contributed by atoms with Crippen molar-refractivity contribution in [3.8, 4) is 5.75 Å². The molecule has 0 aliphatic heterocycles. The number of nitrogens with zero attached hydrogens (tertiary/aromatic N) is 1. The molecule has 0 aliphatic rings. The highest BCUT2D eigenvalue weighted by Crippen LogP contribution is 2.28. The van der Waals surface area contributed by atoms with Gasteiger partial charge in [0.2, 0.25) is 0 Å². The van der Waals surface area contributed by atoms with E-state index in [1.54, 1.807) is 24.6 Å². The Balaban J connectivity index is 2.34. The Morgan fingerprint density at radius 3 is 2.84 bits per heavy atom. The fourth-order valence-electron chi connectivity index (χ4n) is 2.07. The van der Waals surface area contributed by atoms with Crippen molar-refractivity contribution >= 4 is 11.3 Å². The Bertz CT molecular complexity index is 524. The predicted molar refractivity (Wildman–Crippen MR) is 80.0 cm³/mol. The average molecular weight is 276 g/mol. The summed E-state index contributed by atoms with van der Waals surface area (Å²) in [5, 5.41) is 7.99. The molecule has 0 bridgehead atoms. The topological polar surface area (TPSA) is 34.2 Å². The number of thiophene rings is 1. The maximum atomic E-state index is 5.27. The van der Waals surface area contributed by atoms with Gasteiger partial charge in [0.05, 0.1) is 19.3 Å². The van der Waals surface area contributed by atoms with Gasteiger partial charge in [0.1, 0.15) is 5.75 Å². The lowest BCUT2D eigenvalue weighted by Crippen LogP contribution is -2.23. The lowest BCUT2D eigenvalue weighted by atomic mass is 9.99. The molecular weight excluding hydrogens is 256 g/mol. The summed E-state index contributed by atoms with van der Waals surface area (Å²) >= 11 is 1.74. The number of hydrogen-bond acceptors (Lipinski definition) is 4. The summed E-state index contributed by atoms with van der Waals surface area (Å²) in [5.41, 5.74) is 3.80. The number of hydrogen-bond donors (Lipinski definition) is 1. The van der Waals surface area contributed by atoms with Crippen LogP contribution in [0.15, 0.2) is 29.2 Å². The van der Waals surface area contributed by atoms with Crippen molar-refractivity contribution in [2.75, 3.05) is 13.7 Å². The molecule has 2 aromatic rings. The van der Waals surface area contributed by atoms with Crippen LogP contribution < -0.4 is 10.1 Å². The van der Waals surface area contributed by atoms with Crippen LogP contribution in [0.4, 0.5) is 0 Å². The van der Waals surface area contributed by atoms with Crippen LogP contribution in [0, 0.1) is 6.92 Å². The quantitative estimate of drug-likeness (QED) is 0.876. The van der Waals surface area contributed by atoms with Crippen molar-refractivity contribution in [2.24, 2.45) is 0 Å². The van der Waals surface area contributed by atoms with Crippen molar-refractivity contribution in [1.82, 2.24) is 10.3 Å². The first-order valence-electron chi connectivity index (χ1n) is 6.51. The average Bonchev–Trinajstić information content (AvgIpc) is 2.86. The Kier molecular flexibility index (Phi) is 4.93. The summed E-state index contributed by atoms with van der Waals surface area (Å²) in [6, 6.07) is 2.24. The van der Waals surface area contributed by atoms with Crippen LogP contribution in [0.5, 0.6) is 5.75 Å². The zero-order valence-electron chi connectivity index (χ0n) is 11.6. The maximum Gasteiger partial charge on any atom is 0.137 e. The minimum absolute atomic E-state index is 0.189. The molecule has 0 aromatic carbocycles. The molecule has 4 heteroatoms. The number of rotatable bonds is 6. The van der Waals surface area contributed by atoms with Gasteiger partial charge in [0.25, 0.3) is 0 Å². The van der Waals surface area contributed by atoms with Gasteiger partial charge in [-0.2, -0.15) is 11.3 Å². The maximum absolute atomic E-state index is 5.27. The van der Waals surface area contributed by atoms with Gasteiger partial charge in [-0.15, -0.1) is 0 Å². The molecule has 0 fully saturated rings. The van der Waals surface area contributed by atoms with Crippen molar-refractivity contribution in [1.29, 1.82) is 0 Å². The van der Waals surface area contributed by atoms with Crippen LogP contribution in [0.2, 0.25) is 0 Å². The monoisotopic (exact) mass is 276 g/mol. The van der Waals surface area contributed by atoms with E-state index in [0.29, 0.717) is 0 Å². The molecule has 0 saturated heterocycles. The van der Waals surface area contributed by atoms with Crippen molar-refractivity contribution in [3.05, 3.63) is 45.9 Å². The van der Waals surface area contributed by atoms with Gasteiger partial charge in [0.15, 0.2) is 0 Å². The first kappa shape index (κ1) is 14.0. The van der Waals surface area contributed by atoms with Gasteiger partial charge in [-0.25, -0.2) is 0 Å². The van der Waals surface area contributed by atoms with E-state index in [1.165, 1.54) is 11.1 Å². The van der Waals surface area contributed by atoms with E-state index in [9.17, 15) is 0 Å². The summed E-state index contributed by atoms with van der Waals surface area (Å²) in [6.45, 7) is 5.31. The van der Waals surface area contributed by atoms with E-state index in [0.717, 1.165) is 24.3 Å². The van der Waals surface area contributed by atoms with Gasteiger partial charge >= 0.3 is 0 Å². The Morgan fingerprint density at radius 2 is 2.21 bits per heavy atom. The van der Waals surface area contributed by atoms with Crippen LogP contribution >= 0.6 is 11.3 Å². The summed E-state index contributed by atoms with van der Waals surface area (Å²) in [4.78, 5) is 4.26. The Morgan fingerprint density at radius 1 is 1.37 bits per heavy atom. The fourth-order valence-corrected chi connectivity index (χ4v) is 2.94. The molecule has 0 saturated carbocycles. The molecule has 102 valence electrons. The third kappa shape index (κ3) is 3.33. The van der Waals surface area contributed by atoms with Crippen LogP contribution in [0.3, 0.4) is 0 Å². The molecule has 0 aliphatic carbocycles. The van der Waals surface area contributed by atoms with Crippen molar-refractivity contribution in [3.63, 3.8) is 0 Å². The number of aromatic nitrogens is 1. The first-order chi connectivity index (χ1) is 9.26. The lowest BCUT2D eigenvalue weighted by Gasteiger charge is -2.19. The Labute approximate surface area is 118 Å². The molecule has 19 heavy (non-hydrogen) atoms. The zero-order chi connectivity index (χ0) is 13.7. The zero-order valence-corrected chi connectivity index (χ0v) is 12.5. The number of ether oxygens (including phenoxy) is 1. The Hall–Kier alpha value is -1.39. The molecule has 0 amide bonds. The summed E-state index contributed by atoms with van der Waals surface area (Å²) in [7, 11) is 1.67. The minimum Gasteiger partial charge on any atom is -0.495 e. The van der Waals surface area contributed by atoms with Crippen LogP contribution in [-0.2, 0) is 0 Å². The first-order valence-corrected chi connectivity index (χ1v) is 7.45. The van der Waals surface area contributed by atoms with Crippen molar-refractivity contribution in [2.45, 2.75) is 26.3 Å². The van der Waals surface area contributed by atoms with Crippen molar-refractivity contribution < 1.29 is 4.74 Å². The van der Waals surface area contributed by atoms with E-state index in [1.807, 2.05) is 6.20 Å². The lowest BCUT2D eigenvalue weighted by molar-refractivity contribution is 0.411. The molecule has 0 radical (unpaired) electrons. The second kappa shape index (κ2) is 6.68. The molecule has 2 heterocycles. The molecule has 3 nitrogen and oxygen atoms in total. The summed E-state index contributed by atoms with van der Waals surface area (Å²) < 4.78 is 5.27. The summed E-state index contributed by atoms with van der Waals surface area (Å²) in [5.74, 6) is 0.800. The highest BCUT2D eigenvalue weighted by molar-refractivity contribution is 7.08. The normalized spacial score (nSPS) is 12.4. The third-order valence-corrected chi connectivity index (χ3v) is 3.99. The van der Waals surface area contributed by atoms with Gasteiger partial charge in [-0.05, 0) is 53.4 Å². The van der Waals surface area contributed by atoms with E-state index >= 15 is 0 Å².